The molecular weight excluding hydrogens is 472 g/mol. The Balaban J connectivity index is 0. The minimum absolute atomic E-state index is 0.0938. The second-order valence-electron chi connectivity index (χ2n) is 4.95. The fourth-order valence-corrected chi connectivity index (χ4v) is 4.77. The summed E-state index contributed by atoms with van der Waals surface area (Å²) >= 11 is 0. The smallest absolute Gasteiger partial charge is 0.287 e. The summed E-state index contributed by atoms with van der Waals surface area (Å²) in [5, 5.41) is 15.8. The molecule has 0 amide bonds. The second-order valence-corrected chi connectivity index (χ2v) is 12.9. The molecule has 0 spiro atoms. The fraction of sp³-hybridized carbons (Fsp3) is 1.00. The Bertz CT molecular complexity index is 783. The zero-order valence-electron chi connectivity index (χ0n) is 14.9. The molecule has 0 aliphatic heterocycles. The van der Waals surface area contributed by atoms with Crippen LogP contribution in [0.15, 0.2) is 0 Å². The van der Waals surface area contributed by atoms with Gasteiger partial charge in [0.15, 0.2) is 0 Å². The molecule has 0 radical (unpaired) electrons. The van der Waals surface area contributed by atoms with E-state index in [9.17, 15) is 33.7 Å². The van der Waals surface area contributed by atoms with Crippen molar-refractivity contribution in [3.05, 3.63) is 0 Å². The van der Waals surface area contributed by atoms with Gasteiger partial charge in [-0.15, -0.1) is 0 Å². The van der Waals surface area contributed by atoms with Crippen molar-refractivity contribution in [3.63, 3.8) is 0 Å². The van der Waals surface area contributed by atoms with Crippen LogP contribution < -0.4 is 0 Å². The summed E-state index contributed by atoms with van der Waals surface area (Å²) in [7, 11) is -19.1. The van der Waals surface area contributed by atoms with Crippen molar-refractivity contribution >= 4 is 40.5 Å². The van der Waals surface area contributed by atoms with Crippen LogP contribution in [0.2, 0.25) is 0 Å². The van der Waals surface area contributed by atoms with Crippen molar-refractivity contribution in [3.8, 4) is 0 Å². The maximum Gasteiger partial charge on any atom is 0.287 e. The van der Waals surface area contributed by atoms with Crippen LogP contribution in [0.25, 0.3) is 0 Å². The van der Waals surface area contributed by atoms with Gasteiger partial charge in [-0.25, -0.2) is 0 Å². The van der Waals surface area contributed by atoms with Crippen molar-refractivity contribution in [2.45, 2.75) is 35.9 Å². The zero-order chi connectivity index (χ0) is 22.8. The summed E-state index contributed by atoms with van der Waals surface area (Å²) in [6, 6.07) is 0. The molecule has 0 saturated carbocycles. The van der Waals surface area contributed by atoms with Gasteiger partial charge in [-0.05, 0) is 26.7 Å². The third kappa shape index (κ3) is 12.2. The van der Waals surface area contributed by atoms with E-state index in [1.165, 1.54) is 0 Å². The monoisotopic (exact) mass is 496 g/mol. The van der Waals surface area contributed by atoms with E-state index in [0.717, 1.165) is 0 Å². The van der Waals surface area contributed by atoms with E-state index in [2.05, 4.69) is 8.37 Å². The van der Waals surface area contributed by atoms with Gasteiger partial charge in [0.2, 0.25) is 9.16 Å². The summed E-state index contributed by atoms with van der Waals surface area (Å²) in [6.45, 7) is 0.155. The van der Waals surface area contributed by atoms with Gasteiger partial charge in [0.25, 0.3) is 40.5 Å². The standard InChI is InChI=1S/C7H16O12S4.C3H8O2/c1-6(20(8,9)10)22(14,15)18-4-3-5-19-23(16,17)7(2)21(11,12)13;4-2-1-3-5/h6-7H,3-5H2,1-2H3,(H,8,9,10)(H,11,12,13);4-5H,1-3H2. The molecule has 172 valence electrons. The molecule has 2 unspecified atom stereocenters. The highest BCUT2D eigenvalue weighted by atomic mass is 32.3. The average Bonchev–Trinajstić information content (AvgIpc) is 2.52. The van der Waals surface area contributed by atoms with Crippen LogP contribution in [0.3, 0.4) is 0 Å². The predicted molar refractivity (Wildman–Crippen MR) is 95.2 cm³/mol. The predicted octanol–water partition coefficient (Wildman–Crippen LogP) is -2.10. The van der Waals surface area contributed by atoms with Gasteiger partial charge in [-0.2, -0.15) is 33.7 Å². The van der Waals surface area contributed by atoms with Gasteiger partial charge < -0.3 is 10.2 Å². The first kappa shape index (κ1) is 29.8. The van der Waals surface area contributed by atoms with Gasteiger partial charge in [0.1, 0.15) is 0 Å². The normalized spacial score (nSPS) is 15.4. The molecule has 0 aromatic heterocycles. The van der Waals surface area contributed by atoms with Crippen LogP contribution in [0.1, 0.15) is 26.7 Å². The number of aliphatic hydroxyl groups excluding tert-OH is 2. The molecule has 28 heavy (non-hydrogen) atoms. The third-order valence-corrected chi connectivity index (χ3v) is 9.92. The van der Waals surface area contributed by atoms with Crippen LogP contribution in [0.4, 0.5) is 0 Å². The van der Waals surface area contributed by atoms with E-state index in [-0.39, 0.29) is 19.6 Å². The molecule has 18 heteroatoms. The summed E-state index contributed by atoms with van der Waals surface area (Å²) in [4.78, 5) is 0. The largest absolute Gasteiger partial charge is 0.396 e. The van der Waals surface area contributed by atoms with Crippen molar-refractivity contribution in [2.75, 3.05) is 26.4 Å². The summed E-state index contributed by atoms with van der Waals surface area (Å²) < 4.78 is 109. The Kier molecular flexibility index (Phi) is 13.1. The summed E-state index contributed by atoms with van der Waals surface area (Å²) in [5.74, 6) is 0. The maximum atomic E-state index is 11.3. The van der Waals surface area contributed by atoms with Crippen molar-refractivity contribution in [1.29, 1.82) is 0 Å². The molecule has 0 fully saturated rings. The van der Waals surface area contributed by atoms with Gasteiger partial charge in [-0.1, -0.05) is 0 Å². The van der Waals surface area contributed by atoms with Gasteiger partial charge in [0.05, 0.1) is 13.2 Å². The van der Waals surface area contributed by atoms with Crippen LogP contribution in [-0.4, -0.2) is 88.6 Å². The Labute approximate surface area is 164 Å². The van der Waals surface area contributed by atoms with E-state index in [4.69, 9.17) is 19.3 Å². The number of aliphatic hydroxyl groups is 2. The Morgan fingerprint density at radius 3 is 1.11 bits per heavy atom. The Hall–Kier alpha value is -0.440. The lowest BCUT2D eigenvalue weighted by Gasteiger charge is -2.11. The lowest BCUT2D eigenvalue weighted by atomic mass is 10.5. The topological polar surface area (TPSA) is 236 Å². The molecule has 0 aliphatic rings. The lowest BCUT2D eigenvalue weighted by Crippen LogP contribution is -2.30. The van der Waals surface area contributed by atoms with Crippen molar-refractivity contribution < 1.29 is 61.4 Å². The van der Waals surface area contributed by atoms with E-state index < -0.39 is 62.9 Å². The summed E-state index contributed by atoms with van der Waals surface area (Å²) in [6.07, 6.45) is 0.134. The minimum Gasteiger partial charge on any atom is -0.396 e. The molecule has 0 aliphatic carbocycles. The molecule has 0 aromatic rings. The average molecular weight is 497 g/mol. The van der Waals surface area contributed by atoms with Crippen LogP contribution in [0.5, 0.6) is 0 Å². The fourth-order valence-electron chi connectivity index (χ4n) is 0.969. The molecule has 2 atom stereocenters. The molecule has 0 heterocycles. The Morgan fingerprint density at radius 1 is 0.643 bits per heavy atom. The Morgan fingerprint density at radius 2 is 0.929 bits per heavy atom. The molecule has 0 aromatic carbocycles. The van der Waals surface area contributed by atoms with E-state index in [1.807, 2.05) is 0 Å². The lowest BCUT2D eigenvalue weighted by molar-refractivity contribution is 0.221. The van der Waals surface area contributed by atoms with E-state index in [0.29, 0.717) is 20.3 Å². The molecule has 0 bridgehead atoms. The van der Waals surface area contributed by atoms with Crippen molar-refractivity contribution in [2.24, 2.45) is 0 Å². The highest BCUT2D eigenvalue weighted by Crippen LogP contribution is 2.12. The zero-order valence-corrected chi connectivity index (χ0v) is 18.2. The summed E-state index contributed by atoms with van der Waals surface area (Å²) in [5.41, 5.74) is 0. The molecular formula is C10H24O14S4. The van der Waals surface area contributed by atoms with Crippen LogP contribution in [0, 0.1) is 0 Å². The van der Waals surface area contributed by atoms with Crippen LogP contribution >= 0.6 is 0 Å². The maximum absolute atomic E-state index is 11.3. The number of hydrogen-bond acceptors (Lipinski definition) is 12. The number of rotatable bonds is 12. The molecule has 0 saturated heterocycles. The third-order valence-electron chi connectivity index (χ3n) is 2.75. The first-order chi connectivity index (χ1) is 12.4. The van der Waals surface area contributed by atoms with Gasteiger partial charge in [-0.3, -0.25) is 17.5 Å². The van der Waals surface area contributed by atoms with E-state index >= 15 is 0 Å². The van der Waals surface area contributed by atoms with E-state index in [1.54, 1.807) is 0 Å². The minimum atomic E-state index is -4.89. The SMILES string of the molecule is CC(S(=O)(=O)O)S(=O)(=O)OCCCOS(=O)(=O)C(C)S(=O)(=O)O.OCCCO. The van der Waals surface area contributed by atoms with Crippen molar-refractivity contribution in [1.82, 2.24) is 0 Å². The molecule has 0 rings (SSSR count). The molecule has 14 nitrogen and oxygen atoms in total. The number of hydrogen-bond donors (Lipinski definition) is 4. The van der Waals surface area contributed by atoms with Crippen LogP contribution in [-0.2, 0) is 48.8 Å². The highest BCUT2D eigenvalue weighted by Gasteiger charge is 2.34. The quantitative estimate of drug-likeness (QED) is 0.129. The molecule has 4 N–H and O–H groups in total. The van der Waals surface area contributed by atoms with Gasteiger partial charge in [0, 0.05) is 13.2 Å². The second kappa shape index (κ2) is 12.3. The highest BCUT2D eigenvalue weighted by molar-refractivity contribution is 8.04. The van der Waals surface area contributed by atoms with Gasteiger partial charge >= 0.3 is 0 Å². The first-order valence-electron chi connectivity index (χ1n) is 7.34. The first-order valence-corrected chi connectivity index (χ1v) is 13.3.